The number of rotatable bonds is 5. The molecule has 3 aromatic carbocycles. The Morgan fingerprint density at radius 2 is 1.62 bits per heavy atom. The SMILES string of the molecule is O=C(O)c1ccc(-c2ccccc2)cc1NS(=O)(=O)c1cccc(Cl)c1. The number of carboxylic acids is 1. The van der Waals surface area contributed by atoms with Crippen LogP contribution in [-0.4, -0.2) is 19.5 Å². The lowest BCUT2D eigenvalue weighted by atomic mass is 10.0. The Morgan fingerprint density at radius 1 is 0.885 bits per heavy atom. The van der Waals surface area contributed by atoms with Gasteiger partial charge in [0.15, 0.2) is 0 Å². The summed E-state index contributed by atoms with van der Waals surface area (Å²) in [7, 11) is -3.99. The molecular formula is C19H14ClNO4S. The summed E-state index contributed by atoms with van der Waals surface area (Å²) in [5.41, 5.74) is 1.38. The van der Waals surface area contributed by atoms with Gasteiger partial charge in [-0.05, 0) is 41.5 Å². The van der Waals surface area contributed by atoms with Crippen molar-refractivity contribution in [2.75, 3.05) is 4.72 Å². The van der Waals surface area contributed by atoms with Crippen molar-refractivity contribution in [3.63, 3.8) is 0 Å². The van der Waals surface area contributed by atoms with Crippen molar-refractivity contribution in [2.45, 2.75) is 4.90 Å². The number of halogens is 1. The van der Waals surface area contributed by atoms with E-state index in [1.165, 1.54) is 30.3 Å². The highest BCUT2D eigenvalue weighted by atomic mass is 35.5. The van der Waals surface area contributed by atoms with E-state index in [-0.39, 0.29) is 21.2 Å². The first-order valence-electron chi connectivity index (χ1n) is 7.58. The molecule has 26 heavy (non-hydrogen) atoms. The van der Waals surface area contributed by atoms with Crippen molar-refractivity contribution in [2.24, 2.45) is 0 Å². The molecule has 0 heterocycles. The lowest BCUT2D eigenvalue weighted by molar-refractivity contribution is 0.0698. The first-order valence-corrected chi connectivity index (χ1v) is 9.44. The quantitative estimate of drug-likeness (QED) is 0.674. The molecule has 2 N–H and O–H groups in total. The Balaban J connectivity index is 2.06. The van der Waals surface area contributed by atoms with Crippen molar-refractivity contribution < 1.29 is 18.3 Å². The highest BCUT2D eigenvalue weighted by molar-refractivity contribution is 7.92. The fraction of sp³-hybridized carbons (Fsp3) is 0. The number of carbonyl (C=O) groups is 1. The topological polar surface area (TPSA) is 83.5 Å². The third-order valence-electron chi connectivity index (χ3n) is 3.71. The summed E-state index contributed by atoms with van der Waals surface area (Å²) in [6.07, 6.45) is 0. The van der Waals surface area contributed by atoms with Crippen LogP contribution in [0.25, 0.3) is 11.1 Å². The number of benzene rings is 3. The molecule has 0 aliphatic carbocycles. The van der Waals surface area contributed by atoms with Crippen molar-refractivity contribution >= 4 is 33.3 Å². The van der Waals surface area contributed by atoms with Crippen molar-refractivity contribution in [1.29, 1.82) is 0 Å². The maximum Gasteiger partial charge on any atom is 0.337 e. The van der Waals surface area contributed by atoms with Gasteiger partial charge in [-0.2, -0.15) is 0 Å². The Bertz CT molecular complexity index is 1070. The van der Waals surface area contributed by atoms with E-state index < -0.39 is 16.0 Å². The van der Waals surface area contributed by atoms with Crippen LogP contribution in [0.1, 0.15) is 10.4 Å². The van der Waals surface area contributed by atoms with E-state index in [2.05, 4.69) is 4.72 Å². The van der Waals surface area contributed by atoms with Gasteiger partial charge in [-0.3, -0.25) is 4.72 Å². The van der Waals surface area contributed by atoms with Gasteiger partial charge in [0.05, 0.1) is 16.1 Å². The van der Waals surface area contributed by atoms with Crippen LogP contribution in [0.5, 0.6) is 0 Å². The summed E-state index contributed by atoms with van der Waals surface area (Å²) in [6.45, 7) is 0. The predicted molar refractivity (Wildman–Crippen MR) is 101 cm³/mol. The Hall–Kier alpha value is -2.83. The molecule has 0 aromatic heterocycles. The fourth-order valence-corrected chi connectivity index (χ4v) is 3.83. The van der Waals surface area contributed by atoms with Gasteiger partial charge >= 0.3 is 5.97 Å². The first-order chi connectivity index (χ1) is 12.4. The number of hydrogen-bond donors (Lipinski definition) is 2. The largest absolute Gasteiger partial charge is 0.478 e. The van der Waals surface area contributed by atoms with Crippen molar-refractivity contribution in [3.05, 3.63) is 83.4 Å². The molecule has 0 spiro atoms. The van der Waals surface area contributed by atoms with E-state index in [0.29, 0.717) is 5.56 Å². The van der Waals surface area contributed by atoms with Crippen LogP contribution < -0.4 is 4.72 Å². The molecular weight excluding hydrogens is 374 g/mol. The molecule has 3 rings (SSSR count). The Morgan fingerprint density at radius 3 is 2.27 bits per heavy atom. The number of anilines is 1. The standard InChI is InChI=1S/C19H14ClNO4S/c20-15-7-4-8-16(12-15)26(24,25)21-18-11-14(9-10-17(18)19(22)23)13-5-2-1-3-6-13/h1-12,21H,(H,22,23). The number of hydrogen-bond acceptors (Lipinski definition) is 3. The van der Waals surface area contributed by atoms with E-state index >= 15 is 0 Å². The normalized spacial score (nSPS) is 11.1. The van der Waals surface area contributed by atoms with Crippen LogP contribution in [0, 0.1) is 0 Å². The third-order valence-corrected chi connectivity index (χ3v) is 5.31. The summed E-state index contributed by atoms with van der Waals surface area (Å²) >= 11 is 5.85. The summed E-state index contributed by atoms with van der Waals surface area (Å²) in [5.74, 6) is -1.23. The molecule has 3 aromatic rings. The molecule has 0 fully saturated rings. The number of sulfonamides is 1. The van der Waals surface area contributed by atoms with Gasteiger partial charge in [-0.25, -0.2) is 13.2 Å². The van der Waals surface area contributed by atoms with Crippen molar-refractivity contribution in [1.82, 2.24) is 0 Å². The summed E-state index contributed by atoms with van der Waals surface area (Å²) in [5, 5.41) is 9.65. The summed E-state index contributed by atoms with van der Waals surface area (Å²) in [4.78, 5) is 11.4. The zero-order valence-electron chi connectivity index (χ0n) is 13.4. The summed E-state index contributed by atoms with van der Waals surface area (Å²) in [6, 6.07) is 19.5. The first kappa shape index (κ1) is 18.0. The number of carboxylic acid groups (broad SMARTS) is 1. The highest BCUT2D eigenvalue weighted by Gasteiger charge is 2.19. The van der Waals surface area contributed by atoms with Gasteiger partial charge in [-0.15, -0.1) is 0 Å². The predicted octanol–water partition coefficient (Wildman–Crippen LogP) is 4.51. The molecule has 0 atom stereocenters. The van der Waals surface area contributed by atoms with E-state index in [1.807, 2.05) is 30.3 Å². The minimum Gasteiger partial charge on any atom is -0.478 e. The molecule has 0 unspecified atom stereocenters. The maximum atomic E-state index is 12.6. The molecule has 0 radical (unpaired) electrons. The average Bonchev–Trinajstić information content (AvgIpc) is 2.62. The average molecular weight is 388 g/mol. The molecule has 5 nitrogen and oxygen atoms in total. The smallest absolute Gasteiger partial charge is 0.337 e. The zero-order chi connectivity index (χ0) is 18.7. The fourth-order valence-electron chi connectivity index (χ4n) is 2.46. The van der Waals surface area contributed by atoms with Crippen LogP contribution in [0.15, 0.2) is 77.7 Å². The van der Waals surface area contributed by atoms with Crippen LogP contribution in [-0.2, 0) is 10.0 Å². The maximum absolute atomic E-state index is 12.6. The monoisotopic (exact) mass is 387 g/mol. The Labute approximate surface area is 155 Å². The molecule has 0 aliphatic rings. The molecule has 0 amide bonds. The van der Waals surface area contributed by atoms with Crippen LogP contribution in [0.2, 0.25) is 5.02 Å². The Kier molecular flexibility index (Phi) is 4.97. The molecule has 7 heteroatoms. The summed E-state index contributed by atoms with van der Waals surface area (Å²) < 4.78 is 27.6. The molecule has 0 saturated carbocycles. The molecule has 0 bridgehead atoms. The second-order valence-electron chi connectivity index (χ2n) is 5.49. The molecule has 0 saturated heterocycles. The second kappa shape index (κ2) is 7.19. The van der Waals surface area contributed by atoms with Crippen molar-refractivity contribution in [3.8, 4) is 11.1 Å². The molecule has 132 valence electrons. The van der Waals surface area contributed by atoms with Crippen LogP contribution >= 0.6 is 11.6 Å². The zero-order valence-corrected chi connectivity index (χ0v) is 15.0. The highest BCUT2D eigenvalue weighted by Crippen LogP contribution is 2.28. The van der Waals surface area contributed by atoms with E-state index in [9.17, 15) is 18.3 Å². The van der Waals surface area contributed by atoms with Gasteiger partial charge < -0.3 is 5.11 Å². The van der Waals surface area contributed by atoms with Crippen LogP contribution in [0.4, 0.5) is 5.69 Å². The third kappa shape index (κ3) is 3.87. The van der Waals surface area contributed by atoms with Gasteiger partial charge in [0.1, 0.15) is 0 Å². The second-order valence-corrected chi connectivity index (χ2v) is 7.61. The van der Waals surface area contributed by atoms with Gasteiger partial charge in [0, 0.05) is 5.02 Å². The molecule has 0 aliphatic heterocycles. The van der Waals surface area contributed by atoms with Gasteiger partial charge in [-0.1, -0.05) is 54.1 Å². The van der Waals surface area contributed by atoms with Crippen LogP contribution in [0.3, 0.4) is 0 Å². The minimum absolute atomic E-state index is 0.0150. The number of aromatic carboxylic acids is 1. The van der Waals surface area contributed by atoms with E-state index in [0.717, 1.165) is 5.56 Å². The van der Waals surface area contributed by atoms with E-state index in [4.69, 9.17) is 11.6 Å². The van der Waals surface area contributed by atoms with Gasteiger partial charge in [0.2, 0.25) is 0 Å². The minimum atomic E-state index is -3.99. The van der Waals surface area contributed by atoms with Gasteiger partial charge in [0.25, 0.3) is 10.0 Å². The number of nitrogens with one attached hydrogen (secondary N) is 1. The lowest BCUT2D eigenvalue weighted by Gasteiger charge is -2.13. The lowest BCUT2D eigenvalue weighted by Crippen LogP contribution is -2.15. The van der Waals surface area contributed by atoms with E-state index in [1.54, 1.807) is 12.1 Å².